The molecule has 1 aromatic rings. The van der Waals surface area contributed by atoms with Gasteiger partial charge >= 0.3 is 0 Å². The fourth-order valence-corrected chi connectivity index (χ4v) is 3.27. The van der Waals surface area contributed by atoms with Gasteiger partial charge in [-0.05, 0) is 78.6 Å². The molecule has 0 radical (unpaired) electrons. The van der Waals surface area contributed by atoms with Crippen LogP contribution < -0.4 is 9.47 Å². The highest BCUT2D eigenvalue weighted by molar-refractivity contribution is 9.10. The molecular weight excluding hydrogens is 316 g/mol. The molecule has 2 nitrogen and oxygen atoms in total. The molecule has 0 spiro atoms. The van der Waals surface area contributed by atoms with Crippen molar-refractivity contribution in [1.82, 2.24) is 0 Å². The number of ether oxygens (including phenoxy) is 2. The van der Waals surface area contributed by atoms with E-state index in [9.17, 15) is 0 Å². The van der Waals surface area contributed by atoms with Crippen LogP contribution in [0.5, 0.6) is 11.5 Å². The highest BCUT2D eigenvalue weighted by Gasteiger charge is 2.10. The van der Waals surface area contributed by atoms with E-state index in [1.165, 1.54) is 25.7 Å². The Bertz CT molecular complexity index is 445. The largest absolute Gasteiger partial charge is 0.497 e. The minimum absolute atomic E-state index is 0.780. The normalized spacial score (nSPS) is 17.4. The predicted octanol–water partition coefficient (Wildman–Crippen LogP) is 5.28. The van der Waals surface area contributed by atoms with E-state index in [1.54, 1.807) is 7.11 Å². The van der Waals surface area contributed by atoms with Gasteiger partial charge in [0.05, 0.1) is 18.2 Å². The summed E-state index contributed by atoms with van der Waals surface area (Å²) in [7, 11) is 1.68. The molecular formula is C17H23BrO2. The minimum Gasteiger partial charge on any atom is -0.497 e. The molecule has 0 saturated carbocycles. The van der Waals surface area contributed by atoms with Gasteiger partial charge in [0.2, 0.25) is 0 Å². The van der Waals surface area contributed by atoms with E-state index < -0.39 is 0 Å². The van der Waals surface area contributed by atoms with E-state index >= 15 is 0 Å². The number of halogens is 1. The average Bonchev–Trinajstić information content (AvgIpc) is 2.94. The topological polar surface area (TPSA) is 18.5 Å². The Kier molecular flexibility index (Phi) is 5.96. The van der Waals surface area contributed by atoms with Crippen LogP contribution in [0.3, 0.4) is 0 Å². The molecule has 1 atom stereocenters. The van der Waals surface area contributed by atoms with E-state index in [2.05, 4.69) is 28.1 Å². The van der Waals surface area contributed by atoms with Crippen molar-refractivity contribution in [2.24, 2.45) is 5.92 Å². The fraction of sp³-hybridized carbons (Fsp3) is 0.529. The number of allylic oxidation sites excluding steroid dienone is 2. The smallest absolute Gasteiger partial charge is 0.136 e. The van der Waals surface area contributed by atoms with Crippen molar-refractivity contribution in [2.75, 3.05) is 13.7 Å². The summed E-state index contributed by atoms with van der Waals surface area (Å²) in [6.45, 7) is 2.83. The number of methoxy groups -OCH3 is 1. The van der Waals surface area contributed by atoms with Gasteiger partial charge in [0.25, 0.3) is 0 Å². The predicted molar refractivity (Wildman–Crippen MR) is 86.6 cm³/mol. The van der Waals surface area contributed by atoms with Gasteiger partial charge < -0.3 is 9.47 Å². The van der Waals surface area contributed by atoms with Gasteiger partial charge in [0.1, 0.15) is 11.5 Å². The Balaban J connectivity index is 1.74. The van der Waals surface area contributed by atoms with Crippen molar-refractivity contribution in [3.05, 3.63) is 34.3 Å². The fourth-order valence-electron chi connectivity index (χ4n) is 2.62. The molecule has 20 heavy (non-hydrogen) atoms. The van der Waals surface area contributed by atoms with Crippen LogP contribution in [0.25, 0.3) is 0 Å². The lowest BCUT2D eigenvalue weighted by Gasteiger charge is -2.13. The molecule has 0 saturated heterocycles. The third-order valence-corrected chi connectivity index (χ3v) is 4.36. The van der Waals surface area contributed by atoms with Crippen LogP contribution in [-0.4, -0.2) is 13.7 Å². The number of hydrogen-bond donors (Lipinski definition) is 0. The lowest BCUT2D eigenvalue weighted by atomic mass is 10.0. The lowest BCUT2D eigenvalue weighted by molar-refractivity contribution is 0.297. The van der Waals surface area contributed by atoms with Crippen LogP contribution in [0.15, 0.2) is 28.8 Å². The van der Waals surface area contributed by atoms with E-state index in [-0.39, 0.29) is 0 Å². The molecule has 1 aliphatic carbocycles. The molecule has 0 N–H and O–H groups in total. The molecule has 0 aliphatic heterocycles. The maximum atomic E-state index is 5.91. The molecule has 0 bridgehead atoms. The Morgan fingerprint density at radius 1 is 1.30 bits per heavy atom. The zero-order valence-electron chi connectivity index (χ0n) is 12.3. The SMILES string of the molecule is COc1cc(C)c(OCCCCC2C=CCC2)c(Br)c1. The first-order chi connectivity index (χ1) is 9.70. The molecule has 3 heteroatoms. The minimum atomic E-state index is 0.780. The second-order valence-corrected chi connectivity index (χ2v) is 6.22. The number of hydrogen-bond acceptors (Lipinski definition) is 2. The summed E-state index contributed by atoms with van der Waals surface area (Å²) in [6.07, 6.45) is 10.9. The van der Waals surface area contributed by atoms with Crippen molar-refractivity contribution in [3.63, 3.8) is 0 Å². The van der Waals surface area contributed by atoms with Crippen molar-refractivity contribution in [1.29, 1.82) is 0 Å². The zero-order valence-corrected chi connectivity index (χ0v) is 13.9. The molecule has 1 aliphatic rings. The van der Waals surface area contributed by atoms with Crippen molar-refractivity contribution in [2.45, 2.75) is 39.0 Å². The first kappa shape index (κ1) is 15.4. The van der Waals surface area contributed by atoms with Gasteiger partial charge in [-0.1, -0.05) is 12.2 Å². The van der Waals surface area contributed by atoms with Gasteiger partial charge in [-0.2, -0.15) is 0 Å². The quantitative estimate of drug-likeness (QED) is 0.497. The number of aryl methyl sites for hydroxylation is 1. The second-order valence-electron chi connectivity index (χ2n) is 5.37. The highest BCUT2D eigenvalue weighted by atomic mass is 79.9. The van der Waals surface area contributed by atoms with Crippen LogP contribution in [0.2, 0.25) is 0 Å². The molecule has 0 aromatic heterocycles. The van der Waals surface area contributed by atoms with Gasteiger partial charge in [-0.3, -0.25) is 0 Å². The second kappa shape index (κ2) is 7.72. The van der Waals surface area contributed by atoms with Crippen LogP contribution in [-0.2, 0) is 0 Å². The Labute approximate surface area is 130 Å². The third kappa shape index (κ3) is 4.27. The van der Waals surface area contributed by atoms with E-state index in [0.717, 1.165) is 40.5 Å². The Morgan fingerprint density at radius 2 is 2.15 bits per heavy atom. The summed E-state index contributed by atoms with van der Waals surface area (Å²) < 4.78 is 12.1. The van der Waals surface area contributed by atoms with Gasteiger partial charge in [0, 0.05) is 0 Å². The Morgan fingerprint density at radius 3 is 2.80 bits per heavy atom. The summed E-state index contributed by atoms with van der Waals surface area (Å²) in [5.41, 5.74) is 1.11. The summed E-state index contributed by atoms with van der Waals surface area (Å²) in [5.74, 6) is 2.60. The molecule has 0 fully saturated rings. The molecule has 1 unspecified atom stereocenters. The van der Waals surface area contributed by atoms with Crippen LogP contribution in [0.4, 0.5) is 0 Å². The summed E-state index contributed by atoms with van der Waals surface area (Å²) in [5, 5.41) is 0. The summed E-state index contributed by atoms with van der Waals surface area (Å²) in [6, 6.07) is 3.95. The van der Waals surface area contributed by atoms with Crippen LogP contribution in [0, 0.1) is 12.8 Å². The van der Waals surface area contributed by atoms with Crippen LogP contribution in [0.1, 0.15) is 37.7 Å². The van der Waals surface area contributed by atoms with E-state index in [1.807, 2.05) is 19.1 Å². The highest BCUT2D eigenvalue weighted by Crippen LogP contribution is 2.33. The molecule has 1 aromatic carbocycles. The summed E-state index contributed by atoms with van der Waals surface area (Å²) in [4.78, 5) is 0. The average molecular weight is 339 g/mol. The third-order valence-electron chi connectivity index (χ3n) is 3.77. The van der Waals surface area contributed by atoms with Gasteiger partial charge in [-0.25, -0.2) is 0 Å². The molecule has 110 valence electrons. The van der Waals surface area contributed by atoms with E-state index in [4.69, 9.17) is 9.47 Å². The maximum absolute atomic E-state index is 5.91. The summed E-state index contributed by atoms with van der Waals surface area (Å²) >= 11 is 3.55. The number of unbranched alkanes of at least 4 members (excludes halogenated alkanes) is 1. The van der Waals surface area contributed by atoms with Gasteiger partial charge in [-0.15, -0.1) is 0 Å². The molecule has 2 rings (SSSR count). The van der Waals surface area contributed by atoms with Crippen molar-refractivity contribution >= 4 is 15.9 Å². The van der Waals surface area contributed by atoms with Crippen LogP contribution >= 0.6 is 15.9 Å². The monoisotopic (exact) mass is 338 g/mol. The lowest BCUT2D eigenvalue weighted by Crippen LogP contribution is -2.01. The maximum Gasteiger partial charge on any atom is 0.136 e. The zero-order chi connectivity index (χ0) is 14.4. The Hall–Kier alpha value is -0.960. The standard InChI is InChI=1S/C17H23BrO2/c1-13-11-15(19-2)12-16(18)17(13)20-10-6-5-9-14-7-3-4-8-14/h3,7,11-12,14H,4-6,8-10H2,1-2H3. The van der Waals surface area contributed by atoms with E-state index in [0.29, 0.717) is 0 Å². The van der Waals surface area contributed by atoms with Gasteiger partial charge in [0.15, 0.2) is 0 Å². The first-order valence-electron chi connectivity index (χ1n) is 7.34. The van der Waals surface area contributed by atoms with Crippen molar-refractivity contribution < 1.29 is 9.47 Å². The number of benzene rings is 1. The number of rotatable bonds is 7. The van der Waals surface area contributed by atoms with Crippen molar-refractivity contribution in [3.8, 4) is 11.5 Å². The molecule has 0 heterocycles. The first-order valence-corrected chi connectivity index (χ1v) is 8.13. The molecule has 0 amide bonds.